The van der Waals surface area contributed by atoms with Crippen LogP contribution in [0.3, 0.4) is 0 Å². The topological polar surface area (TPSA) is 26.3 Å². The van der Waals surface area contributed by atoms with E-state index < -0.39 is 0 Å². The number of hydrogen-bond donors (Lipinski definition) is 0. The molecule has 2 nitrogen and oxygen atoms in total. The SMILES string of the molecule is CC(C)/C=C\C1CC(=O)OC1C. The number of carbonyl (C=O) groups is 1. The van der Waals surface area contributed by atoms with Crippen LogP contribution in [0.2, 0.25) is 0 Å². The summed E-state index contributed by atoms with van der Waals surface area (Å²) in [6.45, 7) is 6.19. The molecule has 0 aliphatic carbocycles. The molecule has 0 bridgehead atoms. The lowest BCUT2D eigenvalue weighted by Crippen LogP contribution is -2.08. The van der Waals surface area contributed by atoms with Gasteiger partial charge in [-0.25, -0.2) is 0 Å². The standard InChI is InChI=1S/C10H16O2/c1-7(2)4-5-9-6-10(11)12-8(9)3/h4-5,7-9H,6H2,1-3H3/b5-4-. The van der Waals surface area contributed by atoms with Crippen LogP contribution in [0.4, 0.5) is 0 Å². The number of rotatable bonds is 2. The lowest BCUT2D eigenvalue weighted by molar-refractivity contribution is -0.140. The summed E-state index contributed by atoms with van der Waals surface area (Å²) in [4.78, 5) is 10.9. The summed E-state index contributed by atoms with van der Waals surface area (Å²) in [7, 11) is 0. The normalized spacial score (nSPS) is 30.2. The molecule has 1 aliphatic heterocycles. The molecule has 1 fully saturated rings. The number of carbonyl (C=O) groups excluding carboxylic acids is 1. The fourth-order valence-electron chi connectivity index (χ4n) is 1.29. The fourth-order valence-corrected chi connectivity index (χ4v) is 1.29. The van der Waals surface area contributed by atoms with E-state index in [4.69, 9.17) is 4.74 Å². The third-order valence-electron chi connectivity index (χ3n) is 2.07. The molecule has 0 aromatic rings. The first-order valence-corrected chi connectivity index (χ1v) is 4.47. The summed E-state index contributed by atoms with van der Waals surface area (Å²) in [6.07, 6.45) is 4.83. The second kappa shape index (κ2) is 3.74. The molecule has 1 saturated heterocycles. The molecule has 68 valence electrons. The van der Waals surface area contributed by atoms with Gasteiger partial charge >= 0.3 is 5.97 Å². The first-order valence-electron chi connectivity index (χ1n) is 4.47. The molecule has 1 aliphatic rings. The van der Waals surface area contributed by atoms with Gasteiger partial charge in [0.05, 0.1) is 6.42 Å². The maximum atomic E-state index is 10.9. The smallest absolute Gasteiger partial charge is 0.306 e. The van der Waals surface area contributed by atoms with Crippen molar-refractivity contribution >= 4 is 5.97 Å². The van der Waals surface area contributed by atoms with E-state index in [0.717, 1.165) is 0 Å². The van der Waals surface area contributed by atoms with E-state index in [2.05, 4.69) is 26.0 Å². The lowest BCUT2D eigenvalue weighted by atomic mass is 10.0. The molecule has 0 aromatic carbocycles. The van der Waals surface area contributed by atoms with Crippen LogP contribution < -0.4 is 0 Å². The Balaban J connectivity index is 2.48. The summed E-state index contributed by atoms with van der Waals surface area (Å²) in [5.41, 5.74) is 0. The van der Waals surface area contributed by atoms with Gasteiger partial charge < -0.3 is 4.74 Å². The second-order valence-electron chi connectivity index (χ2n) is 3.69. The van der Waals surface area contributed by atoms with Crippen molar-refractivity contribution in [3.63, 3.8) is 0 Å². The Labute approximate surface area is 73.6 Å². The summed E-state index contributed by atoms with van der Waals surface area (Å²) in [5.74, 6) is 0.772. The van der Waals surface area contributed by atoms with Crippen LogP contribution in [0, 0.1) is 11.8 Å². The number of allylic oxidation sites excluding steroid dienone is 1. The molecule has 2 heteroatoms. The summed E-state index contributed by atoms with van der Waals surface area (Å²) < 4.78 is 5.02. The Morgan fingerprint density at radius 1 is 1.58 bits per heavy atom. The average Bonchev–Trinajstić information content (AvgIpc) is 2.26. The molecule has 0 spiro atoms. The van der Waals surface area contributed by atoms with Crippen LogP contribution in [0.5, 0.6) is 0 Å². The minimum Gasteiger partial charge on any atom is -0.462 e. The van der Waals surface area contributed by atoms with E-state index >= 15 is 0 Å². The van der Waals surface area contributed by atoms with Crippen molar-refractivity contribution in [3.8, 4) is 0 Å². The molecule has 0 radical (unpaired) electrons. The summed E-state index contributed by atoms with van der Waals surface area (Å²) >= 11 is 0. The summed E-state index contributed by atoms with van der Waals surface area (Å²) in [5, 5.41) is 0. The van der Waals surface area contributed by atoms with Crippen molar-refractivity contribution in [1.29, 1.82) is 0 Å². The zero-order chi connectivity index (χ0) is 9.14. The van der Waals surface area contributed by atoms with E-state index in [1.165, 1.54) is 0 Å². The van der Waals surface area contributed by atoms with Gasteiger partial charge in [-0.15, -0.1) is 0 Å². The molecule has 0 saturated carbocycles. The van der Waals surface area contributed by atoms with Crippen LogP contribution in [-0.2, 0) is 9.53 Å². The summed E-state index contributed by atoms with van der Waals surface area (Å²) in [6, 6.07) is 0. The predicted octanol–water partition coefficient (Wildman–Crippen LogP) is 2.15. The van der Waals surface area contributed by atoms with Gasteiger partial charge in [-0.2, -0.15) is 0 Å². The maximum Gasteiger partial charge on any atom is 0.306 e. The molecular weight excluding hydrogens is 152 g/mol. The van der Waals surface area contributed by atoms with Gasteiger partial charge in [0.15, 0.2) is 0 Å². The maximum absolute atomic E-state index is 10.9. The van der Waals surface area contributed by atoms with E-state index in [9.17, 15) is 4.79 Å². The number of ether oxygens (including phenoxy) is 1. The minimum absolute atomic E-state index is 0.0625. The highest BCUT2D eigenvalue weighted by Gasteiger charge is 2.28. The third-order valence-corrected chi connectivity index (χ3v) is 2.07. The molecule has 0 N–H and O–H groups in total. The number of hydrogen-bond acceptors (Lipinski definition) is 2. The van der Waals surface area contributed by atoms with Gasteiger partial charge in [0, 0.05) is 5.92 Å². The van der Waals surface area contributed by atoms with Gasteiger partial charge in [-0.05, 0) is 12.8 Å². The van der Waals surface area contributed by atoms with Gasteiger partial charge in [0.25, 0.3) is 0 Å². The molecule has 1 rings (SSSR count). The molecule has 12 heavy (non-hydrogen) atoms. The second-order valence-corrected chi connectivity index (χ2v) is 3.69. The van der Waals surface area contributed by atoms with Crippen molar-refractivity contribution in [3.05, 3.63) is 12.2 Å². The van der Waals surface area contributed by atoms with E-state index in [-0.39, 0.29) is 12.1 Å². The number of esters is 1. The van der Waals surface area contributed by atoms with Crippen molar-refractivity contribution in [2.45, 2.75) is 33.3 Å². The van der Waals surface area contributed by atoms with Gasteiger partial charge in [0.1, 0.15) is 6.10 Å². The predicted molar refractivity (Wildman–Crippen MR) is 47.6 cm³/mol. The molecule has 1 heterocycles. The zero-order valence-electron chi connectivity index (χ0n) is 7.91. The minimum atomic E-state index is -0.0686. The van der Waals surface area contributed by atoms with Gasteiger partial charge in [-0.1, -0.05) is 26.0 Å². The number of cyclic esters (lactones) is 1. The Hall–Kier alpha value is -0.790. The monoisotopic (exact) mass is 168 g/mol. The van der Waals surface area contributed by atoms with Crippen molar-refractivity contribution in [1.82, 2.24) is 0 Å². The molecule has 2 atom stereocenters. The largest absolute Gasteiger partial charge is 0.462 e. The van der Waals surface area contributed by atoms with Crippen molar-refractivity contribution in [2.24, 2.45) is 11.8 Å². The highest BCUT2D eigenvalue weighted by Crippen LogP contribution is 2.23. The van der Waals surface area contributed by atoms with Crippen LogP contribution >= 0.6 is 0 Å². The van der Waals surface area contributed by atoms with Crippen LogP contribution in [-0.4, -0.2) is 12.1 Å². The average molecular weight is 168 g/mol. The molecule has 2 unspecified atom stereocenters. The quantitative estimate of drug-likeness (QED) is 0.466. The van der Waals surface area contributed by atoms with E-state index in [1.807, 2.05) is 6.92 Å². The molecular formula is C10H16O2. The van der Waals surface area contributed by atoms with Gasteiger partial charge in [0.2, 0.25) is 0 Å². The Morgan fingerprint density at radius 3 is 2.67 bits per heavy atom. The fraction of sp³-hybridized carbons (Fsp3) is 0.700. The van der Waals surface area contributed by atoms with Crippen LogP contribution in [0.25, 0.3) is 0 Å². The van der Waals surface area contributed by atoms with Crippen LogP contribution in [0.15, 0.2) is 12.2 Å². The van der Waals surface area contributed by atoms with Crippen molar-refractivity contribution in [2.75, 3.05) is 0 Å². The van der Waals surface area contributed by atoms with E-state index in [0.29, 0.717) is 18.3 Å². The van der Waals surface area contributed by atoms with Crippen molar-refractivity contribution < 1.29 is 9.53 Å². The third kappa shape index (κ3) is 2.36. The highest BCUT2D eigenvalue weighted by molar-refractivity contribution is 5.72. The highest BCUT2D eigenvalue weighted by atomic mass is 16.5. The first-order chi connectivity index (χ1) is 5.59. The molecule has 0 aromatic heterocycles. The van der Waals surface area contributed by atoms with Gasteiger partial charge in [-0.3, -0.25) is 4.79 Å². The Kier molecular flexibility index (Phi) is 2.90. The Morgan fingerprint density at radius 2 is 2.25 bits per heavy atom. The van der Waals surface area contributed by atoms with Crippen LogP contribution in [0.1, 0.15) is 27.2 Å². The zero-order valence-corrected chi connectivity index (χ0v) is 7.91. The Bertz CT molecular complexity index is 194. The molecule has 0 amide bonds. The lowest BCUT2D eigenvalue weighted by Gasteiger charge is -2.07. The first kappa shape index (κ1) is 9.30. The van der Waals surface area contributed by atoms with E-state index in [1.54, 1.807) is 0 Å².